The Morgan fingerprint density at radius 3 is 2.62 bits per heavy atom. The van der Waals surface area contributed by atoms with Gasteiger partial charge in [-0.3, -0.25) is 14.6 Å². The van der Waals surface area contributed by atoms with Gasteiger partial charge in [0, 0.05) is 12.3 Å². The van der Waals surface area contributed by atoms with Gasteiger partial charge in [0.05, 0.1) is 18.4 Å². The van der Waals surface area contributed by atoms with Gasteiger partial charge in [0.2, 0.25) is 11.8 Å². The zero-order valence-electron chi connectivity index (χ0n) is 11.3. The Bertz CT molecular complexity index is 624. The number of nitrogens with zero attached hydrogens (tertiary/aromatic N) is 1. The summed E-state index contributed by atoms with van der Waals surface area (Å²) >= 11 is 0. The van der Waals surface area contributed by atoms with E-state index in [-0.39, 0.29) is 18.4 Å². The summed E-state index contributed by atoms with van der Waals surface area (Å²) in [5.41, 5.74) is 1.52. The molecule has 106 valence electrons. The van der Waals surface area contributed by atoms with Crippen molar-refractivity contribution in [2.24, 2.45) is 0 Å². The molecule has 21 heavy (non-hydrogen) atoms. The summed E-state index contributed by atoms with van der Waals surface area (Å²) in [5, 5.41) is 5.15. The van der Waals surface area contributed by atoms with Crippen LogP contribution in [0.15, 0.2) is 60.9 Å². The van der Waals surface area contributed by atoms with E-state index in [4.69, 9.17) is 0 Å². The molecule has 1 heterocycles. The Labute approximate surface area is 122 Å². The van der Waals surface area contributed by atoms with Crippen molar-refractivity contribution in [1.29, 1.82) is 0 Å². The fourth-order valence-corrected chi connectivity index (χ4v) is 1.60. The number of rotatable bonds is 5. The van der Waals surface area contributed by atoms with Gasteiger partial charge >= 0.3 is 0 Å². The van der Waals surface area contributed by atoms with Crippen LogP contribution in [0.5, 0.6) is 0 Å². The Balaban J connectivity index is 1.76. The Hall–Kier alpha value is -2.95. The molecule has 0 spiro atoms. The lowest BCUT2D eigenvalue weighted by molar-refractivity contribution is -0.121. The Morgan fingerprint density at radius 1 is 1.10 bits per heavy atom. The number of amides is 2. The summed E-state index contributed by atoms with van der Waals surface area (Å²) in [5.74, 6) is -0.621. The van der Waals surface area contributed by atoms with E-state index in [9.17, 15) is 9.59 Å². The van der Waals surface area contributed by atoms with Crippen LogP contribution in [-0.2, 0) is 9.59 Å². The molecule has 5 nitrogen and oxygen atoms in total. The van der Waals surface area contributed by atoms with Gasteiger partial charge in [-0.25, -0.2) is 0 Å². The molecule has 0 fully saturated rings. The number of carbonyl (C=O) groups is 2. The van der Waals surface area contributed by atoms with Crippen molar-refractivity contribution >= 4 is 23.6 Å². The Kier molecular flexibility index (Phi) is 5.23. The molecule has 0 aliphatic carbocycles. The van der Waals surface area contributed by atoms with Crippen molar-refractivity contribution in [2.45, 2.75) is 0 Å². The van der Waals surface area contributed by atoms with Gasteiger partial charge in [0.25, 0.3) is 0 Å². The second kappa shape index (κ2) is 7.59. The van der Waals surface area contributed by atoms with Crippen LogP contribution in [0, 0.1) is 0 Å². The highest BCUT2D eigenvalue weighted by Crippen LogP contribution is 2.02. The minimum atomic E-state index is -0.319. The average Bonchev–Trinajstić information content (AvgIpc) is 2.53. The minimum absolute atomic E-state index is 0.0904. The van der Waals surface area contributed by atoms with Crippen LogP contribution in [0.2, 0.25) is 0 Å². The minimum Gasteiger partial charge on any atom is -0.343 e. The van der Waals surface area contributed by atoms with Crippen LogP contribution in [0.4, 0.5) is 5.69 Å². The molecule has 0 aliphatic heterocycles. The first-order valence-corrected chi connectivity index (χ1v) is 6.45. The van der Waals surface area contributed by atoms with E-state index >= 15 is 0 Å². The normalized spacial score (nSPS) is 10.3. The van der Waals surface area contributed by atoms with Crippen LogP contribution in [0.25, 0.3) is 6.08 Å². The molecule has 1 aromatic heterocycles. The van der Waals surface area contributed by atoms with Crippen molar-refractivity contribution in [3.05, 3.63) is 66.5 Å². The summed E-state index contributed by atoms with van der Waals surface area (Å²) in [6, 6.07) is 12.9. The van der Waals surface area contributed by atoms with Crippen molar-refractivity contribution in [2.75, 3.05) is 11.9 Å². The molecule has 0 saturated carbocycles. The van der Waals surface area contributed by atoms with Gasteiger partial charge in [0.1, 0.15) is 0 Å². The van der Waals surface area contributed by atoms with Gasteiger partial charge in [-0.15, -0.1) is 0 Å². The zero-order valence-corrected chi connectivity index (χ0v) is 11.3. The number of benzene rings is 1. The van der Waals surface area contributed by atoms with Gasteiger partial charge in [0.15, 0.2) is 0 Å². The van der Waals surface area contributed by atoms with Crippen LogP contribution in [0.3, 0.4) is 0 Å². The van der Waals surface area contributed by atoms with E-state index in [1.54, 1.807) is 24.4 Å². The van der Waals surface area contributed by atoms with Crippen LogP contribution in [0.1, 0.15) is 5.56 Å². The number of nitrogens with one attached hydrogen (secondary N) is 2. The van der Waals surface area contributed by atoms with E-state index < -0.39 is 0 Å². The largest absolute Gasteiger partial charge is 0.343 e. The number of carbonyl (C=O) groups excluding carboxylic acids is 2. The summed E-state index contributed by atoms with van der Waals surface area (Å²) in [6.07, 6.45) is 6.24. The maximum Gasteiger partial charge on any atom is 0.244 e. The van der Waals surface area contributed by atoms with E-state index in [0.29, 0.717) is 5.69 Å². The van der Waals surface area contributed by atoms with E-state index in [2.05, 4.69) is 15.6 Å². The van der Waals surface area contributed by atoms with Gasteiger partial charge < -0.3 is 10.6 Å². The molecule has 0 bridgehead atoms. The second-order valence-corrected chi connectivity index (χ2v) is 4.25. The fourth-order valence-electron chi connectivity index (χ4n) is 1.60. The molecule has 2 N–H and O–H groups in total. The number of pyridine rings is 1. The highest BCUT2D eigenvalue weighted by Gasteiger charge is 2.03. The first-order chi connectivity index (χ1) is 10.2. The van der Waals surface area contributed by atoms with Crippen molar-refractivity contribution in [3.63, 3.8) is 0 Å². The summed E-state index contributed by atoms with van der Waals surface area (Å²) in [7, 11) is 0. The molecule has 0 aliphatic rings. The predicted molar refractivity (Wildman–Crippen MR) is 81.4 cm³/mol. The topological polar surface area (TPSA) is 71.1 Å². The maximum absolute atomic E-state index is 11.6. The van der Waals surface area contributed by atoms with Crippen molar-refractivity contribution in [1.82, 2.24) is 10.3 Å². The smallest absolute Gasteiger partial charge is 0.244 e. The lowest BCUT2D eigenvalue weighted by atomic mass is 10.2. The number of anilines is 1. The van der Waals surface area contributed by atoms with E-state index in [1.807, 2.05) is 30.3 Å². The Morgan fingerprint density at radius 2 is 1.90 bits per heavy atom. The van der Waals surface area contributed by atoms with Crippen molar-refractivity contribution < 1.29 is 9.59 Å². The monoisotopic (exact) mass is 281 g/mol. The molecule has 0 unspecified atom stereocenters. The van der Waals surface area contributed by atoms with E-state index in [0.717, 1.165) is 5.56 Å². The maximum atomic E-state index is 11.6. The highest BCUT2D eigenvalue weighted by molar-refractivity contribution is 5.97. The first-order valence-electron chi connectivity index (χ1n) is 6.45. The summed E-state index contributed by atoms with van der Waals surface area (Å²) in [4.78, 5) is 27.1. The molecule has 1 aromatic carbocycles. The third-order valence-corrected chi connectivity index (χ3v) is 2.60. The zero-order chi connectivity index (χ0) is 14.9. The SMILES string of the molecule is O=C(C=Cc1ccccc1)NCC(=O)Nc1cccnc1. The standard InChI is InChI=1S/C16H15N3O2/c20-15(9-8-13-5-2-1-3-6-13)18-12-16(21)19-14-7-4-10-17-11-14/h1-11H,12H2,(H,18,20)(H,19,21). The first kappa shape index (κ1) is 14.5. The fraction of sp³-hybridized carbons (Fsp3) is 0.0625. The molecule has 5 heteroatoms. The lowest BCUT2D eigenvalue weighted by Gasteiger charge is -2.04. The molecule has 0 saturated heterocycles. The number of aromatic nitrogens is 1. The molecular weight excluding hydrogens is 266 g/mol. The molecule has 2 amide bonds. The quantitative estimate of drug-likeness (QED) is 0.822. The highest BCUT2D eigenvalue weighted by atomic mass is 16.2. The average molecular weight is 281 g/mol. The second-order valence-electron chi connectivity index (χ2n) is 4.25. The third-order valence-electron chi connectivity index (χ3n) is 2.60. The molecule has 2 rings (SSSR count). The van der Waals surface area contributed by atoms with Crippen LogP contribution >= 0.6 is 0 Å². The van der Waals surface area contributed by atoms with Gasteiger partial charge in [-0.1, -0.05) is 30.3 Å². The molecular formula is C16H15N3O2. The van der Waals surface area contributed by atoms with Gasteiger partial charge in [-0.2, -0.15) is 0 Å². The number of hydrogen-bond donors (Lipinski definition) is 2. The van der Waals surface area contributed by atoms with E-state index in [1.165, 1.54) is 12.3 Å². The molecule has 0 radical (unpaired) electrons. The summed E-state index contributed by atoms with van der Waals surface area (Å²) < 4.78 is 0. The third kappa shape index (κ3) is 5.28. The molecule has 2 aromatic rings. The summed E-state index contributed by atoms with van der Waals surface area (Å²) in [6.45, 7) is -0.0904. The van der Waals surface area contributed by atoms with Crippen molar-refractivity contribution in [3.8, 4) is 0 Å². The van der Waals surface area contributed by atoms with Crippen LogP contribution in [-0.4, -0.2) is 23.3 Å². The lowest BCUT2D eigenvalue weighted by Crippen LogP contribution is -2.31. The van der Waals surface area contributed by atoms with Gasteiger partial charge in [-0.05, 0) is 23.8 Å². The molecule has 0 atom stereocenters. The predicted octanol–water partition coefficient (Wildman–Crippen LogP) is 1.85. The number of hydrogen-bond acceptors (Lipinski definition) is 3. The van der Waals surface area contributed by atoms with Crippen LogP contribution < -0.4 is 10.6 Å².